The fourth-order valence-corrected chi connectivity index (χ4v) is 6.56. The van der Waals surface area contributed by atoms with Gasteiger partial charge in [-0.05, 0) is 74.0 Å². The first-order valence-corrected chi connectivity index (χ1v) is 10.8. The summed E-state index contributed by atoms with van der Waals surface area (Å²) >= 11 is 0. The fraction of sp³-hybridized carbons (Fsp3) is 0.565. The van der Waals surface area contributed by atoms with E-state index < -0.39 is 0 Å². The van der Waals surface area contributed by atoms with Gasteiger partial charge >= 0.3 is 0 Å². The van der Waals surface area contributed by atoms with E-state index in [0.717, 1.165) is 48.3 Å². The van der Waals surface area contributed by atoms with E-state index in [2.05, 4.69) is 21.2 Å². The van der Waals surface area contributed by atoms with Gasteiger partial charge in [-0.15, -0.1) is 10.2 Å². The lowest BCUT2D eigenvalue weighted by atomic mass is 9.52. The van der Waals surface area contributed by atoms with E-state index in [9.17, 15) is 10.1 Å². The number of benzene rings is 1. The molecule has 1 amide bonds. The van der Waals surface area contributed by atoms with Gasteiger partial charge in [0.25, 0.3) is 0 Å². The van der Waals surface area contributed by atoms with Crippen molar-refractivity contribution in [3.63, 3.8) is 0 Å². The lowest BCUT2D eigenvalue weighted by molar-refractivity contribution is -0.153. The van der Waals surface area contributed by atoms with E-state index in [4.69, 9.17) is 4.74 Å². The minimum absolute atomic E-state index is 0.0380. The third-order valence-corrected chi connectivity index (χ3v) is 7.38. The number of carbonyl (C=O) groups is 1. The van der Waals surface area contributed by atoms with Gasteiger partial charge in [0.05, 0.1) is 7.11 Å². The van der Waals surface area contributed by atoms with Crippen molar-refractivity contribution in [1.82, 2.24) is 19.7 Å². The zero-order valence-electron chi connectivity index (χ0n) is 17.3. The predicted molar refractivity (Wildman–Crippen MR) is 109 cm³/mol. The summed E-state index contributed by atoms with van der Waals surface area (Å²) in [6.07, 6.45) is 8.74. The highest BCUT2D eigenvalue weighted by molar-refractivity contribution is 5.77. The number of nitriles is 1. The maximum absolute atomic E-state index is 13.7. The van der Waals surface area contributed by atoms with Gasteiger partial charge in [0.15, 0.2) is 0 Å². The molecule has 0 aliphatic heterocycles. The Morgan fingerprint density at radius 3 is 2.60 bits per heavy atom. The number of hydrogen-bond acceptors (Lipinski definition) is 5. The first-order valence-electron chi connectivity index (χ1n) is 10.8. The molecule has 0 radical (unpaired) electrons. The first-order chi connectivity index (χ1) is 14.6. The van der Waals surface area contributed by atoms with Gasteiger partial charge in [0, 0.05) is 12.1 Å². The molecule has 156 valence electrons. The molecule has 1 aromatic carbocycles. The summed E-state index contributed by atoms with van der Waals surface area (Å²) in [5, 5.41) is 16.9. The van der Waals surface area contributed by atoms with Gasteiger partial charge in [-0.3, -0.25) is 9.36 Å². The smallest absolute Gasteiger partial charge is 0.243 e. The van der Waals surface area contributed by atoms with Gasteiger partial charge in [-0.25, -0.2) is 0 Å². The van der Waals surface area contributed by atoms with Gasteiger partial charge in [0.1, 0.15) is 24.7 Å². The molecule has 4 saturated carbocycles. The largest absolute Gasteiger partial charge is 0.497 e. The molecule has 4 fully saturated rings. The Morgan fingerprint density at radius 1 is 1.27 bits per heavy atom. The molecule has 0 spiro atoms. The second-order valence-corrected chi connectivity index (χ2v) is 9.37. The summed E-state index contributed by atoms with van der Waals surface area (Å²) in [7, 11) is 1.66. The van der Waals surface area contributed by atoms with Crippen LogP contribution < -0.4 is 4.74 Å². The molecule has 1 heterocycles. The lowest BCUT2D eigenvalue weighted by Crippen LogP contribution is -2.61. The van der Waals surface area contributed by atoms with E-state index in [1.165, 1.54) is 25.6 Å². The molecule has 4 bridgehead atoms. The highest BCUT2D eigenvalue weighted by Crippen LogP contribution is 2.58. The monoisotopic (exact) mass is 405 g/mol. The normalized spacial score (nSPS) is 28.9. The standard InChI is InChI=1S/C23H27N5O2/c1-30-20-4-2-3-16(8-20)13-28(22(29)14-27-15-25-26-21(27)12-24)23-9-17-5-18(10-23)7-19(6-17)11-23/h2-4,8,15,17-19H,5-7,9-11,13-14H2,1H3. The number of nitrogens with zero attached hydrogens (tertiary/aromatic N) is 5. The topological polar surface area (TPSA) is 84.0 Å². The second kappa shape index (κ2) is 7.42. The molecule has 0 atom stereocenters. The predicted octanol–water partition coefficient (Wildman–Crippen LogP) is 3.16. The maximum Gasteiger partial charge on any atom is 0.243 e. The van der Waals surface area contributed by atoms with Crippen molar-refractivity contribution in [1.29, 1.82) is 5.26 Å². The molecule has 6 rings (SSSR count). The first kappa shape index (κ1) is 19.1. The lowest BCUT2D eigenvalue weighted by Gasteiger charge is -2.60. The van der Waals surface area contributed by atoms with Crippen LogP contribution in [0.5, 0.6) is 5.75 Å². The number of rotatable bonds is 6. The van der Waals surface area contributed by atoms with Crippen molar-refractivity contribution in [2.45, 2.75) is 57.2 Å². The molecule has 4 aliphatic carbocycles. The van der Waals surface area contributed by atoms with Crippen LogP contribution in [0.15, 0.2) is 30.6 Å². The molecular weight excluding hydrogens is 378 g/mol. The SMILES string of the molecule is COc1cccc(CN(C(=O)Cn2cnnc2C#N)C23CC4CC(CC(C4)C2)C3)c1. The Morgan fingerprint density at radius 2 is 1.97 bits per heavy atom. The Kier molecular flexibility index (Phi) is 4.73. The highest BCUT2D eigenvalue weighted by atomic mass is 16.5. The van der Waals surface area contributed by atoms with E-state index in [1.807, 2.05) is 24.3 Å². The van der Waals surface area contributed by atoms with Crippen LogP contribution in [-0.4, -0.2) is 38.2 Å². The van der Waals surface area contributed by atoms with E-state index in [1.54, 1.807) is 11.7 Å². The van der Waals surface area contributed by atoms with Crippen LogP contribution in [0.3, 0.4) is 0 Å². The molecule has 0 N–H and O–H groups in total. The summed E-state index contributed by atoms with van der Waals surface area (Å²) in [4.78, 5) is 15.8. The van der Waals surface area contributed by atoms with E-state index >= 15 is 0 Å². The van der Waals surface area contributed by atoms with Crippen molar-refractivity contribution in [2.75, 3.05) is 7.11 Å². The summed E-state index contributed by atoms with van der Waals surface area (Å²) in [5.41, 5.74) is 0.998. The van der Waals surface area contributed by atoms with E-state index in [0.29, 0.717) is 6.54 Å². The van der Waals surface area contributed by atoms with Crippen LogP contribution in [0.25, 0.3) is 0 Å². The average Bonchev–Trinajstić information content (AvgIpc) is 3.18. The van der Waals surface area contributed by atoms with Crippen molar-refractivity contribution in [2.24, 2.45) is 17.8 Å². The van der Waals surface area contributed by atoms with Gasteiger partial charge < -0.3 is 9.64 Å². The molecule has 0 saturated heterocycles. The van der Waals surface area contributed by atoms with Crippen LogP contribution in [-0.2, 0) is 17.9 Å². The van der Waals surface area contributed by atoms with Gasteiger partial charge in [-0.2, -0.15) is 5.26 Å². The van der Waals surface area contributed by atoms with Crippen molar-refractivity contribution in [3.8, 4) is 11.8 Å². The Bertz CT molecular complexity index is 956. The molecule has 0 unspecified atom stereocenters. The fourth-order valence-electron chi connectivity index (χ4n) is 6.56. The summed E-state index contributed by atoms with van der Waals surface area (Å²) in [6.45, 7) is 0.661. The van der Waals surface area contributed by atoms with Crippen LogP contribution >= 0.6 is 0 Å². The second-order valence-electron chi connectivity index (χ2n) is 9.37. The van der Waals surface area contributed by atoms with Crippen LogP contribution in [0.1, 0.15) is 49.9 Å². The molecule has 1 aromatic heterocycles. The number of amides is 1. The number of hydrogen-bond donors (Lipinski definition) is 0. The van der Waals surface area contributed by atoms with E-state index in [-0.39, 0.29) is 23.8 Å². The number of methoxy groups -OCH3 is 1. The minimum atomic E-state index is -0.0737. The van der Waals surface area contributed by atoms with Gasteiger partial charge in [0.2, 0.25) is 11.7 Å². The number of ether oxygens (including phenoxy) is 1. The molecular formula is C23H27N5O2. The van der Waals surface area contributed by atoms with Crippen molar-refractivity contribution >= 4 is 5.91 Å². The third kappa shape index (κ3) is 3.34. The van der Waals surface area contributed by atoms with Crippen LogP contribution in [0.2, 0.25) is 0 Å². The Hall–Kier alpha value is -2.88. The molecule has 7 heteroatoms. The summed E-state index contributed by atoms with van der Waals surface area (Å²) < 4.78 is 6.96. The maximum atomic E-state index is 13.7. The highest BCUT2D eigenvalue weighted by Gasteiger charge is 2.54. The molecule has 30 heavy (non-hydrogen) atoms. The van der Waals surface area contributed by atoms with Crippen LogP contribution in [0.4, 0.5) is 0 Å². The third-order valence-electron chi connectivity index (χ3n) is 7.38. The quantitative estimate of drug-likeness (QED) is 0.737. The summed E-state index contributed by atoms with van der Waals surface area (Å²) in [5.74, 6) is 3.23. The van der Waals surface area contributed by atoms with Crippen molar-refractivity contribution < 1.29 is 9.53 Å². The van der Waals surface area contributed by atoms with Gasteiger partial charge in [-0.1, -0.05) is 12.1 Å². The molecule has 2 aromatic rings. The Labute approximate surface area is 176 Å². The summed E-state index contributed by atoms with van der Waals surface area (Å²) in [6, 6.07) is 10.00. The molecule has 7 nitrogen and oxygen atoms in total. The van der Waals surface area contributed by atoms with Crippen molar-refractivity contribution in [3.05, 3.63) is 42.0 Å². The number of aromatic nitrogens is 3. The zero-order valence-corrected chi connectivity index (χ0v) is 17.3. The molecule has 4 aliphatic rings. The number of carbonyl (C=O) groups excluding carboxylic acids is 1. The minimum Gasteiger partial charge on any atom is -0.497 e. The average molecular weight is 406 g/mol. The van der Waals surface area contributed by atoms with Crippen LogP contribution in [0, 0.1) is 29.1 Å². The Balaban J connectivity index is 1.47. The zero-order chi connectivity index (χ0) is 20.7.